The Balaban J connectivity index is 2.89. The lowest BCUT2D eigenvalue weighted by Crippen LogP contribution is -2.56. The van der Waals surface area contributed by atoms with Gasteiger partial charge in [0.05, 0.1) is 6.04 Å². The topological polar surface area (TPSA) is 57.6 Å². The number of piperidine rings is 1. The van der Waals surface area contributed by atoms with E-state index in [9.17, 15) is 9.59 Å². The van der Waals surface area contributed by atoms with Gasteiger partial charge in [-0.1, -0.05) is 0 Å². The lowest BCUT2D eigenvalue weighted by Gasteiger charge is -2.43. The molecular weight excluding hydrogens is 170 g/mol. The zero-order chi connectivity index (χ0) is 10.1. The van der Waals surface area contributed by atoms with Crippen molar-refractivity contribution in [2.45, 2.75) is 44.7 Å². The van der Waals surface area contributed by atoms with Gasteiger partial charge in [0.25, 0.3) is 0 Å². The van der Waals surface area contributed by atoms with Crippen LogP contribution >= 0.6 is 0 Å². The van der Waals surface area contributed by atoms with Crippen molar-refractivity contribution in [2.75, 3.05) is 0 Å². The van der Waals surface area contributed by atoms with Gasteiger partial charge in [-0.2, -0.15) is 0 Å². The van der Waals surface area contributed by atoms with Crippen molar-refractivity contribution in [3.05, 3.63) is 0 Å². The van der Waals surface area contributed by atoms with Gasteiger partial charge >= 0.3 is 6.09 Å². The molecule has 1 rings (SSSR count). The fourth-order valence-electron chi connectivity index (χ4n) is 1.97. The largest absolute Gasteiger partial charge is 0.465 e. The summed E-state index contributed by atoms with van der Waals surface area (Å²) in [4.78, 5) is 22.8. The molecule has 1 saturated heterocycles. The van der Waals surface area contributed by atoms with Gasteiger partial charge in [0.2, 0.25) is 0 Å². The highest BCUT2D eigenvalue weighted by Crippen LogP contribution is 2.30. The molecule has 0 spiro atoms. The van der Waals surface area contributed by atoms with Gasteiger partial charge < -0.3 is 9.90 Å². The van der Waals surface area contributed by atoms with Gasteiger partial charge in [-0.3, -0.25) is 4.90 Å². The van der Waals surface area contributed by atoms with Gasteiger partial charge in [0.15, 0.2) is 0 Å². The van der Waals surface area contributed by atoms with E-state index in [2.05, 4.69) is 0 Å². The molecule has 0 radical (unpaired) electrons. The zero-order valence-corrected chi connectivity index (χ0v) is 7.99. The molecule has 4 nitrogen and oxygen atoms in total. The number of hydrogen-bond donors (Lipinski definition) is 1. The van der Waals surface area contributed by atoms with Crippen LogP contribution in [0.3, 0.4) is 0 Å². The first kappa shape index (κ1) is 10.0. The van der Waals surface area contributed by atoms with Crippen molar-refractivity contribution in [3.8, 4) is 0 Å². The number of aldehydes is 1. The number of carbonyl (C=O) groups is 2. The summed E-state index contributed by atoms with van der Waals surface area (Å²) in [6.07, 6.45) is 2.12. The van der Waals surface area contributed by atoms with Crippen molar-refractivity contribution in [2.24, 2.45) is 0 Å². The third-order valence-electron chi connectivity index (χ3n) is 2.64. The third kappa shape index (κ3) is 1.82. The minimum Gasteiger partial charge on any atom is -0.465 e. The standard InChI is InChI=1S/C9H15NO3/c1-9(2)5-3-4-7(6-11)10(9)8(12)13/h6-7H,3-5H2,1-2H3,(H,12,13). The summed E-state index contributed by atoms with van der Waals surface area (Å²) in [6, 6.07) is -0.457. The van der Waals surface area contributed by atoms with Gasteiger partial charge in [0.1, 0.15) is 6.29 Å². The Morgan fingerprint density at radius 3 is 2.62 bits per heavy atom. The van der Waals surface area contributed by atoms with E-state index in [0.29, 0.717) is 6.42 Å². The van der Waals surface area contributed by atoms with Crippen molar-refractivity contribution < 1.29 is 14.7 Å². The predicted molar refractivity (Wildman–Crippen MR) is 47.6 cm³/mol. The molecule has 1 fully saturated rings. The first-order chi connectivity index (χ1) is 5.99. The van der Waals surface area contributed by atoms with Crippen molar-refractivity contribution in [1.29, 1.82) is 0 Å². The van der Waals surface area contributed by atoms with E-state index >= 15 is 0 Å². The zero-order valence-electron chi connectivity index (χ0n) is 7.99. The number of amides is 1. The number of hydrogen-bond acceptors (Lipinski definition) is 2. The Labute approximate surface area is 77.5 Å². The van der Waals surface area contributed by atoms with Crippen LogP contribution in [0.5, 0.6) is 0 Å². The lowest BCUT2D eigenvalue weighted by molar-refractivity contribution is -0.115. The molecule has 1 atom stereocenters. The molecule has 0 aliphatic carbocycles. The highest BCUT2D eigenvalue weighted by atomic mass is 16.4. The smallest absolute Gasteiger partial charge is 0.408 e. The number of carboxylic acid groups (broad SMARTS) is 1. The lowest BCUT2D eigenvalue weighted by atomic mass is 9.87. The molecule has 1 aliphatic heterocycles. The number of carbonyl (C=O) groups excluding carboxylic acids is 1. The molecule has 1 aliphatic rings. The minimum absolute atomic E-state index is 0.407. The maximum atomic E-state index is 10.9. The molecule has 0 aromatic heterocycles. The second kappa shape index (κ2) is 3.36. The van der Waals surface area contributed by atoms with E-state index in [-0.39, 0.29) is 0 Å². The van der Waals surface area contributed by atoms with E-state index in [1.807, 2.05) is 13.8 Å². The van der Waals surface area contributed by atoms with Crippen molar-refractivity contribution in [3.63, 3.8) is 0 Å². The highest BCUT2D eigenvalue weighted by Gasteiger charge is 2.39. The predicted octanol–water partition coefficient (Wildman–Crippen LogP) is 1.50. The maximum absolute atomic E-state index is 10.9. The van der Waals surface area contributed by atoms with Crippen LogP contribution < -0.4 is 0 Å². The van der Waals surface area contributed by atoms with Crippen LogP contribution in [0.2, 0.25) is 0 Å². The summed E-state index contributed by atoms with van der Waals surface area (Å²) in [7, 11) is 0. The average Bonchev–Trinajstić information content (AvgIpc) is 2.01. The van der Waals surface area contributed by atoms with Gasteiger partial charge in [-0.05, 0) is 33.1 Å². The quantitative estimate of drug-likeness (QED) is 0.630. The van der Waals surface area contributed by atoms with Crippen LogP contribution in [-0.4, -0.2) is 34.0 Å². The van der Waals surface area contributed by atoms with Crippen LogP contribution in [0.1, 0.15) is 33.1 Å². The summed E-state index contributed by atoms with van der Waals surface area (Å²) in [6.45, 7) is 3.72. The molecule has 1 amide bonds. The second-order valence-corrected chi connectivity index (χ2v) is 4.06. The van der Waals surface area contributed by atoms with Gasteiger partial charge in [0, 0.05) is 5.54 Å². The summed E-state index contributed by atoms with van der Waals surface area (Å²) in [5.74, 6) is 0. The summed E-state index contributed by atoms with van der Waals surface area (Å²) < 4.78 is 0. The molecule has 1 heterocycles. The molecule has 0 saturated carbocycles. The number of rotatable bonds is 1. The summed E-state index contributed by atoms with van der Waals surface area (Å²) >= 11 is 0. The molecule has 4 heteroatoms. The summed E-state index contributed by atoms with van der Waals surface area (Å²) in [5, 5.41) is 8.94. The van der Waals surface area contributed by atoms with Crippen LogP contribution in [0, 0.1) is 0 Å². The first-order valence-corrected chi connectivity index (χ1v) is 4.46. The fraction of sp³-hybridized carbons (Fsp3) is 0.778. The first-order valence-electron chi connectivity index (χ1n) is 4.46. The van der Waals surface area contributed by atoms with Crippen LogP contribution in [-0.2, 0) is 4.79 Å². The number of likely N-dealkylation sites (tertiary alicyclic amines) is 1. The molecule has 1 N–H and O–H groups in total. The molecular formula is C9H15NO3. The van der Waals surface area contributed by atoms with Crippen molar-refractivity contribution >= 4 is 12.4 Å². The number of nitrogens with zero attached hydrogens (tertiary/aromatic N) is 1. The third-order valence-corrected chi connectivity index (χ3v) is 2.64. The second-order valence-electron chi connectivity index (χ2n) is 4.06. The van der Waals surface area contributed by atoms with E-state index in [4.69, 9.17) is 5.11 Å². The van der Waals surface area contributed by atoms with E-state index in [0.717, 1.165) is 19.1 Å². The average molecular weight is 185 g/mol. The van der Waals surface area contributed by atoms with Crippen LogP contribution in [0.15, 0.2) is 0 Å². The minimum atomic E-state index is -0.998. The van der Waals surface area contributed by atoms with Crippen LogP contribution in [0.25, 0.3) is 0 Å². The SMILES string of the molecule is CC1(C)CCCC(C=O)N1C(=O)O. The Kier molecular flexibility index (Phi) is 2.59. The van der Waals surface area contributed by atoms with Gasteiger partial charge in [-0.15, -0.1) is 0 Å². The Hall–Kier alpha value is -1.06. The highest BCUT2D eigenvalue weighted by molar-refractivity contribution is 5.73. The Morgan fingerprint density at radius 1 is 1.62 bits per heavy atom. The molecule has 0 aromatic rings. The monoisotopic (exact) mass is 185 g/mol. The Morgan fingerprint density at radius 2 is 2.23 bits per heavy atom. The summed E-state index contributed by atoms with van der Waals surface area (Å²) in [5.41, 5.74) is -0.407. The van der Waals surface area contributed by atoms with E-state index < -0.39 is 17.7 Å². The molecule has 1 unspecified atom stereocenters. The fourth-order valence-corrected chi connectivity index (χ4v) is 1.97. The Bertz CT molecular complexity index is 225. The van der Waals surface area contributed by atoms with Crippen LogP contribution in [0.4, 0.5) is 4.79 Å². The van der Waals surface area contributed by atoms with E-state index in [1.54, 1.807) is 0 Å². The normalized spacial score (nSPS) is 26.9. The molecule has 0 aromatic carbocycles. The van der Waals surface area contributed by atoms with E-state index in [1.165, 1.54) is 4.90 Å². The van der Waals surface area contributed by atoms with Gasteiger partial charge in [-0.25, -0.2) is 4.79 Å². The van der Waals surface area contributed by atoms with Crippen molar-refractivity contribution in [1.82, 2.24) is 4.90 Å². The molecule has 74 valence electrons. The maximum Gasteiger partial charge on any atom is 0.408 e. The molecule has 0 bridgehead atoms. The molecule has 13 heavy (non-hydrogen) atoms.